The second-order valence-corrected chi connectivity index (χ2v) is 7.63. The summed E-state index contributed by atoms with van der Waals surface area (Å²) in [5.74, 6) is 2.69. The molecule has 1 N–H and O–H groups in total. The van der Waals surface area contributed by atoms with Gasteiger partial charge in [0.25, 0.3) is 0 Å². The number of methoxy groups -OCH3 is 1. The third-order valence-electron chi connectivity index (χ3n) is 3.92. The Morgan fingerprint density at radius 3 is 2.76 bits per heavy atom. The normalized spacial score (nSPS) is 10.7. The lowest BCUT2D eigenvalue weighted by Crippen LogP contribution is -2.23. The second-order valence-electron chi connectivity index (χ2n) is 6.52. The highest BCUT2D eigenvalue weighted by molar-refractivity contribution is 7.98. The Morgan fingerprint density at radius 1 is 1.24 bits per heavy atom. The van der Waals surface area contributed by atoms with Gasteiger partial charge in [-0.15, -0.1) is 0 Å². The van der Waals surface area contributed by atoms with E-state index in [1.165, 1.54) is 6.08 Å². The molecule has 2 aromatic rings. The number of rotatable bonds is 10. The monoisotopic (exact) mass is 410 g/mol. The van der Waals surface area contributed by atoms with Crippen molar-refractivity contribution in [2.75, 3.05) is 19.4 Å². The van der Waals surface area contributed by atoms with E-state index in [0.717, 1.165) is 22.6 Å². The highest BCUT2D eigenvalue weighted by Gasteiger charge is 2.07. The van der Waals surface area contributed by atoms with Crippen molar-refractivity contribution in [3.63, 3.8) is 0 Å². The Hall–Kier alpha value is -2.91. The van der Waals surface area contributed by atoms with Gasteiger partial charge in [0, 0.05) is 24.1 Å². The quantitative estimate of drug-likeness (QED) is 0.464. The number of ether oxygens (including phenoxy) is 2. The molecule has 5 nitrogen and oxygen atoms in total. The Morgan fingerprint density at radius 2 is 2.03 bits per heavy atom. The molecule has 0 saturated heterocycles. The number of benzene rings is 2. The molecular formula is C23H26N2O3S. The van der Waals surface area contributed by atoms with Crippen LogP contribution in [0.4, 0.5) is 0 Å². The van der Waals surface area contributed by atoms with Crippen LogP contribution in [0.5, 0.6) is 11.5 Å². The van der Waals surface area contributed by atoms with E-state index in [2.05, 4.69) is 11.4 Å². The minimum Gasteiger partial charge on any atom is -0.493 e. The SMILES string of the molecule is COc1cc(/C=C/C(=O)NCCSCc2ccccc2C#N)ccc1OC(C)C. The van der Waals surface area contributed by atoms with Crippen LogP contribution in [0.2, 0.25) is 0 Å². The van der Waals surface area contributed by atoms with Gasteiger partial charge in [-0.1, -0.05) is 24.3 Å². The maximum atomic E-state index is 12.0. The summed E-state index contributed by atoms with van der Waals surface area (Å²) >= 11 is 1.68. The molecule has 0 bridgehead atoms. The molecule has 2 rings (SSSR count). The summed E-state index contributed by atoms with van der Waals surface area (Å²) in [7, 11) is 1.59. The van der Waals surface area contributed by atoms with Crippen molar-refractivity contribution in [1.29, 1.82) is 5.26 Å². The molecule has 2 aromatic carbocycles. The van der Waals surface area contributed by atoms with Crippen molar-refractivity contribution >= 4 is 23.7 Å². The third-order valence-corrected chi connectivity index (χ3v) is 4.93. The van der Waals surface area contributed by atoms with E-state index in [1.54, 1.807) is 24.9 Å². The fourth-order valence-corrected chi connectivity index (χ4v) is 3.42. The van der Waals surface area contributed by atoms with E-state index in [-0.39, 0.29) is 12.0 Å². The largest absolute Gasteiger partial charge is 0.493 e. The van der Waals surface area contributed by atoms with Crippen LogP contribution in [0.1, 0.15) is 30.5 Å². The van der Waals surface area contributed by atoms with E-state index in [0.29, 0.717) is 23.6 Å². The molecule has 29 heavy (non-hydrogen) atoms. The van der Waals surface area contributed by atoms with Crippen molar-refractivity contribution in [3.05, 3.63) is 65.2 Å². The van der Waals surface area contributed by atoms with Gasteiger partial charge in [-0.3, -0.25) is 4.79 Å². The summed E-state index contributed by atoms with van der Waals surface area (Å²) in [5.41, 5.74) is 2.58. The minimum atomic E-state index is -0.149. The van der Waals surface area contributed by atoms with E-state index in [1.807, 2.05) is 56.3 Å². The molecular weight excluding hydrogens is 384 g/mol. The van der Waals surface area contributed by atoms with Crippen molar-refractivity contribution in [2.24, 2.45) is 0 Å². The van der Waals surface area contributed by atoms with Crippen molar-refractivity contribution in [3.8, 4) is 17.6 Å². The predicted molar refractivity (Wildman–Crippen MR) is 118 cm³/mol. The summed E-state index contributed by atoms with van der Waals surface area (Å²) in [4.78, 5) is 12.0. The Labute approximate surface area is 176 Å². The topological polar surface area (TPSA) is 71.3 Å². The first-order valence-corrected chi connectivity index (χ1v) is 10.5. The van der Waals surface area contributed by atoms with Crippen LogP contribution >= 0.6 is 11.8 Å². The molecule has 6 heteroatoms. The summed E-state index contributed by atoms with van der Waals surface area (Å²) in [5, 5.41) is 12.0. The van der Waals surface area contributed by atoms with Crippen LogP contribution in [-0.2, 0) is 10.5 Å². The van der Waals surface area contributed by atoms with Crippen LogP contribution in [0.3, 0.4) is 0 Å². The lowest BCUT2D eigenvalue weighted by molar-refractivity contribution is -0.116. The van der Waals surface area contributed by atoms with E-state index in [4.69, 9.17) is 14.7 Å². The standard InChI is InChI=1S/C23H26N2O3S/c1-17(2)28-21-10-8-18(14-22(21)27-3)9-11-23(26)25-12-13-29-16-20-7-5-4-6-19(20)15-24/h4-11,14,17H,12-13,16H2,1-3H3,(H,25,26)/b11-9+. The fourth-order valence-electron chi connectivity index (χ4n) is 2.55. The van der Waals surface area contributed by atoms with Crippen LogP contribution in [-0.4, -0.2) is 31.4 Å². The fraction of sp³-hybridized carbons (Fsp3) is 0.304. The summed E-state index contributed by atoms with van der Waals surface area (Å²) in [6.07, 6.45) is 3.31. The first-order valence-electron chi connectivity index (χ1n) is 9.40. The lowest BCUT2D eigenvalue weighted by atomic mass is 10.1. The molecule has 0 atom stereocenters. The molecule has 0 heterocycles. The molecule has 1 amide bonds. The Kier molecular flexibility index (Phi) is 9.13. The average molecular weight is 411 g/mol. The van der Waals surface area contributed by atoms with Gasteiger partial charge < -0.3 is 14.8 Å². The van der Waals surface area contributed by atoms with Gasteiger partial charge in [-0.25, -0.2) is 0 Å². The van der Waals surface area contributed by atoms with Gasteiger partial charge in [0.2, 0.25) is 5.91 Å². The first-order chi connectivity index (χ1) is 14.0. The highest BCUT2D eigenvalue weighted by Crippen LogP contribution is 2.29. The second kappa shape index (κ2) is 11.8. The molecule has 0 aliphatic rings. The first kappa shape index (κ1) is 22.4. The molecule has 0 aliphatic heterocycles. The number of nitrogens with zero attached hydrogens (tertiary/aromatic N) is 1. The van der Waals surface area contributed by atoms with E-state index < -0.39 is 0 Å². The predicted octanol–water partition coefficient (Wildman–Crippen LogP) is 4.42. The summed E-state index contributed by atoms with van der Waals surface area (Å²) in [6, 6.07) is 15.3. The van der Waals surface area contributed by atoms with Gasteiger partial charge in [-0.05, 0) is 49.2 Å². The summed E-state index contributed by atoms with van der Waals surface area (Å²) < 4.78 is 11.0. The zero-order valence-corrected chi connectivity index (χ0v) is 17.8. The number of amides is 1. The molecule has 152 valence electrons. The molecule has 0 fully saturated rings. The zero-order valence-electron chi connectivity index (χ0n) is 17.0. The number of thioether (sulfide) groups is 1. The number of nitriles is 1. The smallest absolute Gasteiger partial charge is 0.244 e. The minimum absolute atomic E-state index is 0.0577. The molecule has 0 aliphatic carbocycles. The Balaban J connectivity index is 1.77. The average Bonchev–Trinajstić information content (AvgIpc) is 2.72. The van der Waals surface area contributed by atoms with Gasteiger partial charge in [0.05, 0.1) is 24.8 Å². The maximum absolute atomic E-state index is 12.0. The van der Waals surface area contributed by atoms with Crippen LogP contribution in [0.15, 0.2) is 48.5 Å². The number of carbonyl (C=O) groups is 1. The van der Waals surface area contributed by atoms with Crippen molar-refractivity contribution in [2.45, 2.75) is 25.7 Å². The van der Waals surface area contributed by atoms with E-state index in [9.17, 15) is 4.79 Å². The van der Waals surface area contributed by atoms with Crippen LogP contribution in [0.25, 0.3) is 6.08 Å². The number of hydrogen-bond donors (Lipinski definition) is 1. The van der Waals surface area contributed by atoms with Crippen LogP contribution in [0, 0.1) is 11.3 Å². The molecule has 0 unspecified atom stereocenters. The molecule has 0 saturated carbocycles. The van der Waals surface area contributed by atoms with Gasteiger partial charge >= 0.3 is 0 Å². The number of carbonyl (C=O) groups excluding carboxylic acids is 1. The zero-order chi connectivity index (χ0) is 21.1. The van der Waals surface area contributed by atoms with Gasteiger partial charge in [0.15, 0.2) is 11.5 Å². The highest BCUT2D eigenvalue weighted by atomic mass is 32.2. The van der Waals surface area contributed by atoms with Crippen LogP contribution < -0.4 is 14.8 Å². The molecule has 0 radical (unpaired) electrons. The third kappa shape index (κ3) is 7.55. The lowest BCUT2D eigenvalue weighted by Gasteiger charge is -2.13. The van der Waals surface area contributed by atoms with E-state index >= 15 is 0 Å². The Bertz CT molecular complexity index is 888. The van der Waals surface area contributed by atoms with Crippen molar-refractivity contribution in [1.82, 2.24) is 5.32 Å². The van der Waals surface area contributed by atoms with Gasteiger partial charge in [-0.2, -0.15) is 17.0 Å². The number of hydrogen-bond acceptors (Lipinski definition) is 5. The van der Waals surface area contributed by atoms with Gasteiger partial charge in [0.1, 0.15) is 0 Å². The molecule has 0 spiro atoms. The van der Waals surface area contributed by atoms with Crippen molar-refractivity contribution < 1.29 is 14.3 Å². The number of nitrogens with one attached hydrogen (secondary N) is 1. The summed E-state index contributed by atoms with van der Waals surface area (Å²) in [6.45, 7) is 4.48. The molecule has 0 aromatic heterocycles. The maximum Gasteiger partial charge on any atom is 0.244 e.